The summed E-state index contributed by atoms with van der Waals surface area (Å²) in [6, 6.07) is 9.88. The second-order valence-electron chi connectivity index (χ2n) is 7.00. The van der Waals surface area contributed by atoms with Crippen molar-refractivity contribution in [2.24, 2.45) is 7.05 Å². The molecule has 9 heteroatoms. The van der Waals surface area contributed by atoms with Gasteiger partial charge in [-0.3, -0.25) is 14.2 Å². The minimum absolute atomic E-state index is 0.0872. The number of amides is 1. The van der Waals surface area contributed by atoms with E-state index in [0.29, 0.717) is 25.9 Å². The zero-order valence-corrected chi connectivity index (χ0v) is 19.5. The third-order valence-electron chi connectivity index (χ3n) is 4.96. The van der Waals surface area contributed by atoms with Crippen molar-refractivity contribution >= 4 is 55.6 Å². The fraction of sp³-hybridized carbons (Fsp3) is 0.182. The number of nitrogens with zero attached hydrogens (tertiary/aromatic N) is 3. The molecule has 0 saturated heterocycles. The molecule has 0 bridgehead atoms. The van der Waals surface area contributed by atoms with Crippen molar-refractivity contribution in [3.8, 4) is 17.2 Å². The normalized spacial score (nSPS) is 10.9. The molecule has 1 aromatic carbocycles. The van der Waals surface area contributed by atoms with E-state index in [1.807, 2.05) is 17.5 Å². The van der Waals surface area contributed by atoms with Crippen LogP contribution in [0.4, 0.5) is 5.00 Å². The number of rotatable bonds is 5. The molecule has 31 heavy (non-hydrogen) atoms. The molecular weight excluding hydrogens is 448 g/mol. The fourth-order valence-corrected chi connectivity index (χ4v) is 5.60. The van der Waals surface area contributed by atoms with E-state index in [1.165, 1.54) is 50.1 Å². The second kappa shape index (κ2) is 8.67. The predicted molar refractivity (Wildman–Crippen MR) is 128 cm³/mol. The lowest BCUT2D eigenvalue weighted by molar-refractivity contribution is -0.113. The summed E-state index contributed by atoms with van der Waals surface area (Å²) in [5.74, 6) is -0.162. The third-order valence-corrected chi connectivity index (χ3v) is 7.70. The first-order valence-corrected chi connectivity index (χ1v) is 12.1. The first-order chi connectivity index (χ1) is 14.9. The molecule has 3 aromatic heterocycles. The van der Waals surface area contributed by atoms with Gasteiger partial charge in [0.15, 0.2) is 5.16 Å². The van der Waals surface area contributed by atoms with Gasteiger partial charge in [0, 0.05) is 18.0 Å². The van der Waals surface area contributed by atoms with Crippen LogP contribution >= 0.6 is 34.4 Å². The van der Waals surface area contributed by atoms with Crippen molar-refractivity contribution in [2.75, 3.05) is 11.1 Å². The number of hydrogen-bond donors (Lipinski definition) is 1. The van der Waals surface area contributed by atoms with E-state index >= 15 is 0 Å². The van der Waals surface area contributed by atoms with Gasteiger partial charge in [-0.15, -0.1) is 22.7 Å². The Morgan fingerprint density at radius 1 is 1.26 bits per heavy atom. The summed E-state index contributed by atoms with van der Waals surface area (Å²) >= 11 is 3.92. The number of fused-ring (bicyclic) bond motifs is 1. The Labute approximate surface area is 191 Å². The number of nitrogens with one attached hydrogen (secondary N) is 1. The van der Waals surface area contributed by atoms with Gasteiger partial charge in [0.05, 0.1) is 16.7 Å². The van der Waals surface area contributed by atoms with Crippen molar-refractivity contribution < 1.29 is 4.79 Å². The summed E-state index contributed by atoms with van der Waals surface area (Å²) in [5, 5.41) is 17.1. The van der Waals surface area contributed by atoms with Crippen molar-refractivity contribution in [3.63, 3.8) is 0 Å². The van der Waals surface area contributed by atoms with Crippen molar-refractivity contribution in [1.29, 1.82) is 5.26 Å². The molecule has 0 radical (unpaired) electrons. The number of nitriles is 1. The second-order valence-corrected chi connectivity index (χ2v) is 9.72. The average molecular weight is 467 g/mol. The quantitative estimate of drug-likeness (QED) is 0.332. The van der Waals surface area contributed by atoms with Crippen molar-refractivity contribution in [1.82, 2.24) is 9.55 Å². The van der Waals surface area contributed by atoms with E-state index in [1.54, 1.807) is 18.5 Å². The van der Waals surface area contributed by atoms with Crippen LogP contribution in [0.15, 0.2) is 45.0 Å². The van der Waals surface area contributed by atoms with E-state index in [9.17, 15) is 9.59 Å². The Bertz CT molecular complexity index is 1410. The molecule has 0 atom stereocenters. The Kier molecular flexibility index (Phi) is 5.96. The first kappa shape index (κ1) is 21.3. The lowest BCUT2D eigenvalue weighted by Gasteiger charge is -2.09. The number of benzene rings is 1. The third kappa shape index (κ3) is 4.14. The largest absolute Gasteiger partial charge is 0.316 e. The van der Waals surface area contributed by atoms with E-state index in [0.717, 1.165) is 11.1 Å². The SMILES string of the molecule is Cc1ccc(-c2csc3nc(SCC(=O)Nc4sccc4C#N)n(C)c(=O)c23)cc1C. The molecule has 4 aromatic rings. The van der Waals surface area contributed by atoms with Crippen LogP contribution in [-0.4, -0.2) is 21.2 Å². The molecule has 156 valence electrons. The van der Waals surface area contributed by atoms with E-state index in [2.05, 4.69) is 36.3 Å². The lowest BCUT2D eigenvalue weighted by atomic mass is 10.0. The number of aryl methyl sites for hydroxylation is 2. The number of hydrogen-bond acceptors (Lipinski definition) is 7. The highest BCUT2D eigenvalue weighted by Gasteiger charge is 2.17. The van der Waals surface area contributed by atoms with Crippen LogP contribution in [0, 0.1) is 25.2 Å². The summed E-state index contributed by atoms with van der Waals surface area (Å²) < 4.78 is 1.49. The molecule has 0 spiro atoms. The molecule has 1 N–H and O–H groups in total. The molecule has 4 rings (SSSR count). The van der Waals surface area contributed by atoms with Crippen LogP contribution in [-0.2, 0) is 11.8 Å². The number of thioether (sulfide) groups is 1. The maximum atomic E-state index is 13.1. The van der Waals surface area contributed by atoms with Gasteiger partial charge in [0.2, 0.25) is 5.91 Å². The van der Waals surface area contributed by atoms with Gasteiger partial charge in [-0.25, -0.2) is 4.98 Å². The van der Waals surface area contributed by atoms with Gasteiger partial charge >= 0.3 is 0 Å². The Balaban J connectivity index is 1.60. The highest BCUT2D eigenvalue weighted by Crippen LogP contribution is 2.33. The molecule has 1 amide bonds. The number of aromatic nitrogens is 2. The van der Waals surface area contributed by atoms with E-state index < -0.39 is 0 Å². The van der Waals surface area contributed by atoms with Crippen LogP contribution in [0.3, 0.4) is 0 Å². The lowest BCUT2D eigenvalue weighted by Crippen LogP contribution is -2.21. The minimum Gasteiger partial charge on any atom is -0.316 e. The van der Waals surface area contributed by atoms with Gasteiger partial charge in [-0.05, 0) is 42.0 Å². The highest BCUT2D eigenvalue weighted by atomic mass is 32.2. The van der Waals surface area contributed by atoms with Gasteiger partial charge < -0.3 is 5.32 Å². The molecule has 0 aliphatic rings. The molecule has 6 nitrogen and oxygen atoms in total. The molecule has 0 aliphatic heterocycles. The summed E-state index contributed by atoms with van der Waals surface area (Å²) in [5.41, 5.74) is 4.56. The van der Waals surface area contributed by atoms with Gasteiger partial charge in [-0.1, -0.05) is 30.0 Å². The fourth-order valence-electron chi connectivity index (χ4n) is 3.09. The average Bonchev–Trinajstić information content (AvgIpc) is 3.38. The molecular formula is C22H18N4O2S3. The summed E-state index contributed by atoms with van der Waals surface area (Å²) in [6.07, 6.45) is 0. The van der Waals surface area contributed by atoms with Crippen molar-refractivity contribution in [2.45, 2.75) is 19.0 Å². The standard InChI is InChI=1S/C22H18N4O2S3/c1-12-4-5-14(8-13(12)2)16-10-30-20-18(16)21(28)26(3)22(25-20)31-11-17(27)24-19-15(9-23)6-7-29-19/h4-8,10H,11H2,1-3H3,(H,24,27). The molecule has 0 unspecified atom stereocenters. The predicted octanol–water partition coefficient (Wildman–Crippen LogP) is 4.94. The zero-order valence-electron chi connectivity index (χ0n) is 17.1. The molecule has 3 heterocycles. The highest BCUT2D eigenvalue weighted by molar-refractivity contribution is 7.99. The monoisotopic (exact) mass is 466 g/mol. The topological polar surface area (TPSA) is 87.8 Å². The van der Waals surface area contributed by atoms with Crippen LogP contribution in [0.2, 0.25) is 0 Å². The maximum absolute atomic E-state index is 13.1. The van der Waals surface area contributed by atoms with Gasteiger partial charge in [-0.2, -0.15) is 5.26 Å². The summed E-state index contributed by atoms with van der Waals surface area (Å²) in [7, 11) is 1.67. The van der Waals surface area contributed by atoms with Crippen molar-refractivity contribution in [3.05, 3.63) is 62.1 Å². The number of carbonyl (C=O) groups excluding carboxylic acids is 1. The molecule has 0 fully saturated rings. The first-order valence-electron chi connectivity index (χ1n) is 9.35. The summed E-state index contributed by atoms with van der Waals surface area (Å²) in [6.45, 7) is 4.12. The molecule has 0 saturated carbocycles. The Morgan fingerprint density at radius 3 is 2.81 bits per heavy atom. The van der Waals surface area contributed by atoms with Crippen LogP contribution in [0.1, 0.15) is 16.7 Å². The zero-order chi connectivity index (χ0) is 22.1. The maximum Gasteiger partial charge on any atom is 0.263 e. The number of thiophene rings is 2. The number of anilines is 1. The van der Waals surface area contributed by atoms with Crippen LogP contribution in [0.5, 0.6) is 0 Å². The smallest absolute Gasteiger partial charge is 0.263 e. The molecule has 0 aliphatic carbocycles. The summed E-state index contributed by atoms with van der Waals surface area (Å²) in [4.78, 5) is 30.7. The van der Waals surface area contributed by atoms with Gasteiger partial charge in [0.25, 0.3) is 5.56 Å². The number of carbonyl (C=O) groups is 1. The van der Waals surface area contributed by atoms with Crippen LogP contribution in [0.25, 0.3) is 21.3 Å². The Hall–Kier alpha value is -2.93. The van der Waals surface area contributed by atoms with E-state index in [-0.39, 0.29) is 17.2 Å². The Morgan fingerprint density at radius 2 is 2.06 bits per heavy atom. The minimum atomic E-state index is -0.250. The van der Waals surface area contributed by atoms with Crippen LogP contribution < -0.4 is 10.9 Å². The van der Waals surface area contributed by atoms with Gasteiger partial charge in [0.1, 0.15) is 15.9 Å². The van der Waals surface area contributed by atoms with E-state index in [4.69, 9.17) is 5.26 Å².